The van der Waals surface area contributed by atoms with Gasteiger partial charge in [0.2, 0.25) is 11.8 Å². The maximum Gasteiger partial charge on any atom is 0.407 e. The summed E-state index contributed by atoms with van der Waals surface area (Å²) in [6.45, 7) is 7.95. The SMILES string of the molecule is CCCN(Cc1ncc(-c2ccc(-c3ccc(-c4cnc(C5CCOCCCCCCC(=O)N5)[nH]4)cc3)cc2)[nH]1)C(=O)C(NC(=O)OC)C(C)C. The van der Waals surface area contributed by atoms with Crippen molar-refractivity contribution in [2.75, 3.05) is 26.9 Å². The Hall–Kier alpha value is -4.97. The Balaban J connectivity index is 1.22. The Labute approximate surface area is 300 Å². The van der Waals surface area contributed by atoms with Gasteiger partial charge in [-0.15, -0.1) is 0 Å². The topological polar surface area (TPSA) is 154 Å². The highest BCUT2D eigenvalue weighted by Gasteiger charge is 2.29. The van der Waals surface area contributed by atoms with Crippen molar-refractivity contribution in [3.63, 3.8) is 0 Å². The van der Waals surface area contributed by atoms with Crippen LogP contribution >= 0.6 is 0 Å². The number of hydrogen-bond donors (Lipinski definition) is 4. The van der Waals surface area contributed by atoms with Crippen molar-refractivity contribution in [2.24, 2.45) is 5.92 Å². The van der Waals surface area contributed by atoms with Crippen molar-refractivity contribution < 1.29 is 23.9 Å². The predicted molar refractivity (Wildman–Crippen MR) is 196 cm³/mol. The number of amides is 3. The second-order valence-corrected chi connectivity index (χ2v) is 13.4. The molecule has 0 radical (unpaired) electrons. The minimum atomic E-state index is -0.698. The van der Waals surface area contributed by atoms with Crippen molar-refractivity contribution >= 4 is 17.9 Å². The molecule has 2 unspecified atom stereocenters. The first-order chi connectivity index (χ1) is 24.7. The summed E-state index contributed by atoms with van der Waals surface area (Å²) in [4.78, 5) is 55.6. The molecule has 1 aliphatic heterocycles. The van der Waals surface area contributed by atoms with Crippen LogP contribution in [0, 0.1) is 5.92 Å². The van der Waals surface area contributed by atoms with E-state index in [4.69, 9.17) is 9.47 Å². The van der Waals surface area contributed by atoms with E-state index >= 15 is 0 Å². The van der Waals surface area contributed by atoms with Crippen LogP contribution in [0.4, 0.5) is 4.79 Å². The smallest absolute Gasteiger partial charge is 0.407 e. The highest BCUT2D eigenvalue weighted by molar-refractivity contribution is 5.86. The lowest BCUT2D eigenvalue weighted by Crippen LogP contribution is -2.51. The van der Waals surface area contributed by atoms with Crippen LogP contribution in [-0.4, -0.2) is 75.7 Å². The van der Waals surface area contributed by atoms with Crippen molar-refractivity contribution in [1.82, 2.24) is 35.5 Å². The summed E-state index contributed by atoms with van der Waals surface area (Å²) >= 11 is 0. The molecule has 5 rings (SSSR count). The Bertz CT molecular complexity index is 1710. The number of nitrogens with zero attached hydrogens (tertiary/aromatic N) is 3. The molecular weight excluding hydrogens is 646 g/mol. The molecule has 4 N–H and O–H groups in total. The average Bonchev–Trinajstić information content (AvgIpc) is 3.82. The largest absolute Gasteiger partial charge is 0.453 e. The third-order valence-electron chi connectivity index (χ3n) is 9.15. The van der Waals surface area contributed by atoms with Crippen LogP contribution in [0.1, 0.15) is 83.4 Å². The number of H-pyrrole nitrogens is 2. The Morgan fingerprint density at radius 1 is 0.902 bits per heavy atom. The molecule has 51 heavy (non-hydrogen) atoms. The molecule has 3 heterocycles. The molecule has 272 valence electrons. The number of aromatic amines is 2. The van der Waals surface area contributed by atoms with E-state index in [0.29, 0.717) is 38.4 Å². The highest BCUT2D eigenvalue weighted by atomic mass is 16.5. The van der Waals surface area contributed by atoms with Gasteiger partial charge in [-0.25, -0.2) is 14.8 Å². The first kappa shape index (κ1) is 37.3. The number of nitrogens with one attached hydrogen (secondary N) is 4. The molecule has 1 saturated heterocycles. The summed E-state index contributed by atoms with van der Waals surface area (Å²) in [6, 6.07) is 15.6. The molecule has 0 saturated carbocycles. The molecule has 4 aromatic rings. The number of hydrogen-bond acceptors (Lipinski definition) is 7. The molecule has 12 heteroatoms. The molecule has 0 spiro atoms. The second kappa shape index (κ2) is 18.3. The minimum absolute atomic E-state index is 0.0543. The van der Waals surface area contributed by atoms with Gasteiger partial charge in [-0.1, -0.05) is 82.1 Å². The molecule has 12 nitrogen and oxygen atoms in total. The highest BCUT2D eigenvalue weighted by Crippen LogP contribution is 2.28. The number of imidazole rings is 2. The van der Waals surface area contributed by atoms with Crippen LogP contribution in [-0.2, 0) is 25.6 Å². The molecule has 3 amide bonds. The monoisotopic (exact) mass is 697 g/mol. The van der Waals surface area contributed by atoms with E-state index in [-0.39, 0.29) is 23.8 Å². The zero-order valence-corrected chi connectivity index (χ0v) is 30.2. The number of carbonyl (C=O) groups excluding carboxylic acids is 3. The third kappa shape index (κ3) is 10.3. The van der Waals surface area contributed by atoms with E-state index in [9.17, 15) is 14.4 Å². The van der Waals surface area contributed by atoms with Gasteiger partial charge in [0.15, 0.2) is 0 Å². The molecule has 2 aromatic heterocycles. The molecule has 1 aliphatic rings. The van der Waals surface area contributed by atoms with Crippen LogP contribution in [0.3, 0.4) is 0 Å². The summed E-state index contributed by atoms with van der Waals surface area (Å²) in [5.41, 5.74) is 5.87. The Morgan fingerprint density at radius 2 is 1.53 bits per heavy atom. The fourth-order valence-corrected chi connectivity index (χ4v) is 6.24. The van der Waals surface area contributed by atoms with Gasteiger partial charge in [0.25, 0.3) is 0 Å². The predicted octanol–water partition coefficient (Wildman–Crippen LogP) is 6.78. The normalized spacial score (nSPS) is 16.4. The zero-order valence-electron chi connectivity index (χ0n) is 30.2. The first-order valence-electron chi connectivity index (χ1n) is 18.1. The Morgan fingerprint density at radius 3 is 2.18 bits per heavy atom. The van der Waals surface area contributed by atoms with Gasteiger partial charge in [-0.05, 0) is 53.9 Å². The van der Waals surface area contributed by atoms with Gasteiger partial charge >= 0.3 is 6.09 Å². The molecule has 2 atom stereocenters. The van der Waals surface area contributed by atoms with Crippen LogP contribution in [0.2, 0.25) is 0 Å². The van der Waals surface area contributed by atoms with Gasteiger partial charge in [0, 0.05) is 26.2 Å². The number of benzene rings is 2. The van der Waals surface area contributed by atoms with Crippen molar-refractivity contribution in [1.29, 1.82) is 0 Å². The van der Waals surface area contributed by atoms with Crippen molar-refractivity contribution in [3.8, 4) is 33.6 Å². The number of rotatable bonds is 11. The van der Waals surface area contributed by atoms with E-state index in [1.54, 1.807) is 11.1 Å². The van der Waals surface area contributed by atoms with Crippen LogP contribution in [0.5, 0.6) is 0 Å². The summed E-state index contributed by atoms with van der Waals surface area (Å²) < 4.78 is 10.5. The lowest BCUT2D eigenvalue weighted by atomic mass is 10.0. The minimum Gasteiger partial charge on any atom is -0.453 e. The molecule has 1 fully saturated rings. The number of aromatic nitrogens is 4. The van der Waals surface area contributed by atoms with Gasteiger partial charge in [0.05, 0.1) is 43.5 Å². The van der Waals surface area contributed by atoms with Gasteiger partial charge < -0.3 is 35.0 Å². The molecule has 2 aromatic carbocycles. The van der Waals surface area contributed by atoms with Gasteiger partial charge in [-0.3, -0.25) is 9.59 Å². The fourth-order valence-electron chi connectivity index (χ4n) is 6.24. The van der Waals surface area contributed by atoms with Crippen molar-refractivity contribution in [3.05, 3.63) is 72.6 Å². The Kier molecular flexibility index (Phi) is 13.4. The maximum atomic E-state index is 13.4. The summed E-state index contributed by atoms with van der Waals surface area (Å²) in [6.07, 6.45) is 9.00. The average molecular weight is 698 g/mol. The van der Waals surface area contributed by atoms with Crippen molar-refractivity contribution in [2.45, 2.75) is 84.3 Å². The summed E-state index contributed by atoms with van der Waals surface area (Å²) in [5.74, 6) is 1.17. The summed E-state index contributed by atoms with van der Waals surface area (Å²) in [5, 5.41) is 5.82. The number of carbonyl (C=O) groups is 3. The van der Waals surface area contributed by atoms with E-state index in [0.717, 1.165) is 78.2 Å². The number of alkyl carbamates (subject to hydrolysis) is 1. The maximum absolute atomic E-state index is 13.4. The molecule has 0 aliphatic carbocycles. The lowest BCUT2D eigenvalue weighted by Gasteiger charge is -2.28. The first-order valence-corrected chi connectivity index (χ1v) is 18.1. The van der Waals surface area contributed by atoms with Crippen LogP contribution in [0.15, 0.2) is 60.9 Å². The van der Waals surface area contributed by atoms with Crippen LogP contribution in [0.25, 0.3) is 33.6 Å². The molecular formula is C39H51N7O5. The van der Waals surface area contributed by atoms with E-state index < -0.39 is 12.1 Å². The van der Waals surface area contributed by atoms with E-state index in [1.165, 1.54) is 7.11 Å². The van der Waals surface area contributed by atoms with Crippen LogP contribution < -0.4 is 10.6 Å². The fraction of sp³-hybridized carbons (Fsp3) is 0.462. The quantitative estimate of drug-likeness (QED) is 0.135. The third-order valence-corrected chi connectivity index (χ3v) is 9.15. The van der Waals surface area contributed by atoms with Gasteiger partial charge in [0.1, 0.15) is 17.7 Å². The zero-order chi connectivity index (χ0) is 36.2. The summed E-state index contributed by atoms with van der Waals surface area (Å²) in [7, 11) is 1.29. The molecule has 0 bridgehead atoms. The number of ether oxygens (including phenoxy) is 2. The lowest BCUT2D eigenvalue weighted by molar-refractivity contribution is -0.135. The van der Waals surface area contributed by atoms with E-state index in [2.05, 4.69) is 67.0 Å². The second-order valence-electron chi connectivity index (χ2n) is 13.4. The number of methoxy groups -OCH3 is 1. The van der Waals surface area contributed by atoms with E-state index in [1.807, 2.05) is 39.1 Å². The van der Waals surface area contributed by atoms with Gasteiger partial charge in [-0.2, -0.15) is 0 Å². The standard InChI is InChI=1S/C39H51N7O5/c1-5-20-46(38(48)36(26(2)3)45-39(49)50-4)25-34-40-23-32(42-34)29-15-11-27(12-16-29)28-13-17-30(18-14-28)33-24-41-37(44-33)31-19-22-51-21-9-7-6-8-10-35(47)43-31/h11-18,23-24,26,31,36H,5-10,19-22,25H2,1-4H3,(H,40,42)(H,41,44)(H,43,47)(H,45,49).